The van der Waals surface area contributed by atoms with Gasteiger partial charge in [0, 0.05) is 11.3 Å². The average molecular weight is 347 g/mol. The van der Waals surface area contributed by atoms with E-state index < -0.39 is 13.9 Å². The zero-order valence-corrected chi connectivity index (χ0v) is 17.2. The van der Waals surface area contributed by atoms with E-state index in [4.69, 9.17) is 9.47 Å². The molecule has 0 bridgehead atoms. The van der Waals surface area contributed by atoms with Gasteiger partial charge in [-0.25, -0.2) is 0 Å². The molecule has 0 aromatic heterocycles. The molecule has 4 rings (SSSR count). The minimum Gasteiger partial charge on any atom is -0.347 e. The van der Waals surface area contributed by atoms with E-state index in [2.05, 4.69) is 45.3 Å². The Morgan fingerprint density at radius 2 is 1.79 bits per heavy atom. The number of allylic oxidation sites excluding steroid dienone is 3. The van der Waals surface area contributed by atoms with Crippen molar-refractivity contribution in [2.24, 2.45) is 11.3 Å². The maximum atomic E-state index is 6.51. The first kappa shape index (κ1) is 17.1. The normalized spacial score (nSPS) is 43.0. The molecule has 4 atom stereocenters. The zero-order valence-electron chi connectivity index (χ0n) is 16.2. The molecule has 1 spiro atoms. The van der Waals surface area contributed by atoms with Gasteiger partial charge in [0.05, 0.1) is 20.3 Å². The van der Waals surface area contributed by atoms with E-state index in [0.717, 1.165) is 0 Å². The zero-order chi connectivity index (χ0) is 17.2. The Kier molecular flexibility index (Phi) is 3.95. The summed E-state index contributed by atoms with van der Waals surface area (Å²) < 4.78 is 13.0. The van der Waals surface area contributed by atoms with E-state index in [9.17, 15) is 0 Å². The van der Waals surface area contributed by atoms with Gasteiger partial charge in [-0.15, -0.1) is 0 Å². The van der Waals surface area contributed by atoms with Gasteiger partial charge in [-0.2, -0.15) is 0 Å². The van der Waals surface area contributed by atoms with Crippen LogP contribution in [0.25, 0.3) is 0 Å². The molecular formula is C21H34O2Si. The molecule has 0 radical (unpaired) electrons. The summed E-state index contributed by atoms with van der Waals surface area (Å²) in [5, 5.41) is 0. The summed E-state index contributed by atoms with van der Waals surface area (Å²) >= 11 is 0. The Morgan fingerprint density at radius 1 is 1.08 bits per heavy atom. The lowest BCUT2D eigenvalue weighted by molar-refractivity contribution is -0.339. The summed E-state index contributed by atoms with van der Waals surface area (Å²) in [6, 6.07) is 0. The molecule has 0 unspecified atom stereocenters. The van der Waals surface area contributed by atoms with Gasteiger partial charge in [0.25, 0.3) is 0 Å². The first-order valence-corrected chi connectivity index (χ1v) is 13.6. The van der Waals surface area contributed by atoms with E-state index in [1.165, 1.54) is 44.9 Å². The summed E-state index contributed by atoms with van der Waals surface area (Å²) in [7, 11) is -1.22. The van der Waals surface area contributed by atoms with Crippen molar-refractivity contribution in [3.05, 3.63) is 22.9 Å². The predicted octanol–water partition coefficient (Wildman–Crippen LogP) is 5.61. The quantitative estimate of drug-likeness (QED) is 0.574. The number of ether oxygens (including phenoxy) is 2. The third-order valence-corrected chi connectivity index (χ3v) is 7.76. The second kappa shape index (κ2) is 5.56. The van der Waals surface area contributed by atoms with E-state index in [1.54, 1.807) is 11.1 Å². The molecule has 2 saturated carbocycles. The molecule has 3 fully saturated rings. The molecule has 4 aliphatic rings. The summed E-state index contributed by atoms with van der Waals surface area (Å²) in [5.41, 5.74) is 6.39. The predicted molar refractivity (Wildman–Crippen MR) is 102 cm³/mol. The highest BCUT2D eigenvalue weighted by Gasteiger charge is 2.58. The topological polar surface area (TPSA) is 18.5 Å². The fourth-order valence-electron chi connectivity index (χ4n) is 6.09. The molecule has 24 heavy (non-hydrogen) atoms. The fourth-order valence-corrected chi connectivity index (χ4v) is 7.44. The molecule has 0 aromatic rings. The van der Waals surface area contributed by atoms with Gasteiger partial charge >= 0.3 is 0 Å². The molecule has 1 aliphatic heterocycles. The summed E-state index contributed by atoms with van der Waals surface area (Å²) in [5.74, 6) is 0.153. The van der Waals surface area contributed by atoms with E-state index in [-0.39, 0.29) is 0 Å². The minimum atomic E-state index is -1.22. The second-order valence-electron chi connectivity index (χ2n) is 10.0. The van der Waals surface area contributed by atoms with Gasteiger partial charge in [-0.05, 0) is 64.4 Å². The van der Waals surface area contributed by atoms with Crippen molar-refractivity contribution in [1.82, 2.24) is 0 Å². The smallest absolute Gasteiger partial charge is 0.163 e. The van der Waals surface area contributed by atoms with E-state index >= 15 is 0 Å². The molecule has 0 aromatic carbocycles. The van der Waals surface area contributed by atoms with Crippen LogP contribution in [0.3, 0.4) is 0 Å². The molecule has 3 aliphatic carbocycles. The lowest BCUT2D eigenvalue weighted by atomic mass is 9.59. The van der Waals surface area contributed by atoms with Crippen LogP contribution in [0, 0.1) is 11.3 Å². The lowest BCUT2D eigenvalue weighted by Crippen LogP contribution is -2.57. The van der Waals surface area contributed by atoms with Crippen LogP contribution in [0.1, 0.15) is 58.8 Å². The Hall–Kier alpha value is -0.383. The summed E-state index contributed by atoms with van der Waals surface area (Å²) in [6.45, 7) is 11.6. The highest BCUT2D eigenvalue weighted by molar-refractivity contribution is 6.81. The van der Waals surface area contributed by atoms with Crippen LogP contribution in [0.5, 0.6) is 0 Å². The van der Waals surface area contributed by atoms with Crippen molar-refractivity contribution in [2.75, 3.05) is 0 Å². The van der Waals surface area contributed by atoms with Crippen LogP contribution in [-0.2, 0) is 9.47 Å². The molecule has 134 valence electrons. The Morgan fingerprint density at radius 3 is 2.50 bits per heavy atom. The maximum Gasteiger partial charge on any atom is 0.163 e. The lowest BCUT2D eigenvalue weighted by Gasteiger charge is -2.55. The molecule has 0 N–H and O–H groups in total. The van der Waals surface area contributed by atoms with Crippen LogP contribution in [0.15, 0.2) is 22.9 Å². The van der Waals surface area contributed by atoms with Gasteiger partial charge in [0.1, 0.15) is 0 Å². The molecule has 0 amide bonds. The Labute approximate surface area is 148 Å². The van der Waals surface area contributed by atoms with Gasteiger partial charge in [0.15, 0.2) is 5.79 Å². The van der Waals surface area contributed by atoms with Crippen LogP contribution >= 0.6 is 0 Å². The van der Waals surface area contributed by atoms with Crippen molar-refractivity contribution in [1.29, 1.82) is 0 Å². The Bertz CT molecular complexity index is 583. The minimum absolute atomic E-state index is 0.339. The van der Waals surface area contributed by atoms with Gasteiger partial charge in [-0.1, -0.05) is 37.0 Å². The van der Waals surface area contributed by atoms with Crippen molar-refractivity contribution < 1.29 is 9.47 Å². The van der Waals surface area contributed by atoms with Crippen molar-refractivity contribution in [3.8, 4) is 0 Å². The first-order valence-electron chi connectivity index (χ1n) is 9.99. The van der Waals surface area contributed by atoms with Gasteiger partial charge < -0.3 is 9.47 Å². The second-order valence-corrected chi connectivity index (χ2v) is 15.0. The molecule has 1 saturated heterocycles. The SMILES string of the molecule is CC1(C)O[C@H]2CC/C(=C/[Si](C)(C)C)C3=CCC[C@@]34CCC[C@@H](O1)[C@H]24. The summed E-state index contributed by atoms with van der Waals surface area (Å²) in [6.07, 6.45) is 12.1. The van der Waals surface area contributed by atoms with E-state index in [1.807, 2.05) is 0 Å². The highest BCUT2D eigenvalue weighted by Crippen LogP contribution is 2.62. The van der Waals surface area contributed by atoms with Crippen LogP contribution in [0.4, 0.5) is 0 Å². The van der Waals surface area contributed by atoms with Crippen LogP contribution < -0.4 is 0 Å². The van der Waals surface area contributed by atoms with Crippen LogP contribution in [0.2, 0.25) is 19.6 Å². The number of rotatable bonds is 1. The van der Waals surface area contributed by atoms with Crippen LogP contribution in [-0.4, -0.2) is 26.1 Å². The van der Waals surface area contributed by atoms with Crippen molar-refractivity contribution >= 4 is 8.07 Å². The monoisotopic (exact) mass is 346 g/mol. The highest BCUT2D eigenvalue weighted by atomic mass is 28.3. The standard InChI is InChI=1S/C21H34O2Si/c1-20(2)22-17-9-7-13-21-12-6-8-16(21)15(14-24(3,4)5)10-11-18(23-20)19(17)21/h8,14,17-19H,6-7,9-13H2,1-5H3/b15-14-/t17-,18+,19-,21-/m1/s1. The Balaban J connectivity index is 1.79. The average Bonchev–Trinajstić information content (AvgIpc) is 2.80. The van der Waals surface area contributed by atoms with Crippen molar-refractivity contribution in [3.63, 3.8) is 0 Å². The maximum absolute atomic E-state index is 6.51. The largest absolute Gasteiger partial charge is 0.347 e. The third kappa shape index (κ3) is 2.77. The van der Waals surface area contributed by atoms with Crippen molar-refractivity contribution in [2.45, 2.75) is 96.4 Å². The van der Waals surface area contributed by atoms with Gasteiger partial charge in [0.2, 0.25) is 0 Å². The first-order chi connectivity index (χ1) is 11.2. The molecule has 2 nitrogen and oxygen atoms in total. The molecule has 3 heteroatoms. The number of hydrogen-bond donors (Lipinski definition) is 0. The van der Waals surface area contributed by atoms with E-state index in [0.29, 0.717) is 23.5 Å². The fraction of sp³-hybridized carbons (Fsp3) is 0.810. The summed E-state index contributed by atoms with van der Waals surface area (Å²) in [4.78, 5) is 0. The molecular weight excluding hydrogens is 312 g/mol. The molecule has 1 heterocycles. The third-order valence-electron chi connectivity index (χ3n) is 6.55. The number of hydrogen-bond acceptors (Lipinski definition) is 2. The van der Waals surface area contributed by atoms with Gasteiger partial charge in [-0.3, -0.25) is 0 Å².